The molecule has 0 bridgehead atoms. The first-order valence-corrected chi connectivity index (χ1v) is 15.5. The van der Waals surface area contributed by atoms with Crippen LogP contribution in [0.1, 0.15) is 39.0 Å². The summed E-state index contributed by atoms with van der Waals surface area (Å²) in [4.78, 5) is 15.0. The second kappa shape index (κ2) is 15.4. The molecular formula is C28H53N7O9. The molecule has 3 aliphatic heterocycles. The molecule has 0 aromatic heterocycles. The molecule has 0 radical (unpaired) electrons. The zero-order chi connectivity index (χ0) is 32.2. The maximum absolute atomic E-state index is 12.8. The lowest BCUT2D eigenvalue weighted by Crippen LogP contribution is -2.69. The minimum absolute atomic E-state index is 0.0342. The molecule has 13 N–H and O–H groups in total. The number of carbonyl (C=O) groups is 1. The largest absolute Gasteiger partial charge is 0.467 e. The molecule has 44 heavy (non-hydrogen) atoms. The number of hydrogen-bond acceptors (Lipinski definition) is 15. The monoisotopic (exact) mass is 631 g/mol. The SMILES string of the molecule is CN[C@@H]1[C@@H](O)[C@@H](O[C@@H]2[C@@H](O)[C@H](O[C@H]3OC(CNC4CCCN4C)=CC[C@H]3N)[C@@H](N)C[C@H]2NC(=O)[C@@H](O)CCN)OC[C@]1(C)O. The van der Waals surface area contributed by atoms with Crippen LogP contribution < -0.4 is 33.2 Å². The molecule has 16 nitrogen and oxygen atoms in total. The second-order valence-corrected chi connectivity index (χ2v) is 12.7. The number of likely N-dealkylation sites (tertiary alicyclic amines) is 1. The van der Waals surface area contributed by atoms with Gasteiger partial charge in [0.05, 0.1) is 37.4 Å². The van der Waals surface area contributed by atoms with Crippen LogP contribution in [0, 0.1) is 0 Å². The summed E-state index contributed by atoms with van der Waals surface area (Å²) in [5.41, 5.74) is 17.0. The van der Waals surface area contributed by atoms with Crippen molar-refractivity contribution in [2.24, 2.45) is 17.2 Å². The zero-order valence-electron chi connectivity index (χ0n) is 25.9. The standard InChI is InChI=1S/C28H53N7O9/c1-28(40)13-41-27(21(38)24(28)32-2)44-23-17(34-25(39)18(36)8-9-29)11-16(31)22(20(23)37)43-26-15(30)7-6-14(42-26)12-33-19-5-4-10-35(19)3/h6,15-24,26-27,32-33,36-38,40H,4-5,7-13,29-31H2,1-3H3,(H,34,39)/t15-,16+,17-,18+,19?,20+,21-,22-,23+,24-,26-,27-,28+/m1/s1. The van der Waals surface area contributed by atoms with Gasteiger partial charge in [-0.1, -0.05) is 0 Å². The summed E-state index contributed by atoms with van der Waals surface area (Å²) in [5.74, 6) is -0.0339. The van der Waals surface area contributed by atoms with Crippen molar-refractivity contribution in [3.63, 3.8) is 0 Å². The number of aliphatic hydroxyl groups excluding tert-OH is 3. The fourth-order valence-corrected chi connectivity index (χ4v) is 6.47. The van der Waals surface area contributed by atoms with Crippen LogP contribution in [0.3, 0.4) is 0 Å². The minimum Gasteiger partial charge on any atom is -0.467 e. The van der Waals surface area contributed by atoms with Gasteiger partial charge in [-0.05, 0) is 72.3 Å². The van der Waals surface area contributed by atoms with Gasteiger partial charge < -0.3 is 67.2 Å². The van der Waals surface area contributed by atoms with Crippen LogP contribution >= 0.6 is 0 Å². The summed E-state index contributed by atoms with van der Waals surface area (Å²) < 4.78 is 24.1. The van der Waals surface area contributed by atoms with Crippen molar-refractivity contribution in [2.75, 3.05) is 40.3 Å². The average Bonchev–Trinajstić information content (AvgIpc) is 3.38. The number of nitrogens with one attached hydrogen (secondary N) is 3. The Labute approximate surface area is 258 Å². The molecule has 4 aliphatic rings. The Morgan fingerprint density at radius 2 is 1.93 bits per heavy atom. The highest BCUT2D eigenvalue weighted by molar-refractivity contribution is 5.80. The Kier molecular flexibility index (Phi) is 12.4. The molecule has 0 spiro atoms. The van der Waals surface area contributed by atoms with Crippen LogP contribution in [0.2, 0.25) is 0 Å². The molecule has 0 aromatic carbocycles. The molecule has 3 fully saturated rings. The molecule has 4 rings (SSSR count). The third kappa shape index (κ3) is 8.25. The van der Waals surface area contributed by atoms with E-state index in [0.717, 1.165) is 19.4 Å². The number of ether oxygens (including phenoxy) is 4. The molecule has 13 atom stereocenters. The topological polar surface area (TPSA) is 252 Å². The van der Waals surface area contributed by atoms with Gasteiger partial charge in [0.15, 0.2) is 6.29 Å². The fraction of sp³-hybridized carbons (Fsp3) is 0.893. The summed E-state index contributed by atoms with van der Waals surface area (Å²) in [6, 6.07) is -3.03. The number of nitrogens with zero attached hydrogens (tertiary/aromatic N) is 1. The summed E-state index contributed by atoms with van der Waals surface area (Å²) in [5, 5.41) is 52.6. The number of likely N-dealkylation sites (N-methyl/N-ethyl adjacent to an activating group) is 1. The Balaban J connectivity index is 1.47. The Hall–Kier alpha value is -1.51. The number of hydrogen-bond donors (Lipinski definition) is 10. The van der Waals surface area contributed by atoms with E-state index in [-0.39, 0.29) is 32.2 Å². The third-order valence-corrected chi connectivity index (χ3v) is 9.08. The first-order valence-electron chi connectivity index (χ1n) is 15.5. The van der Waals surface area contributed by atoms with Gasteiger partial charge in [-0.3, -0.25) is 15.0 Å². The number of amides is 1. The van der Waals surface area contributed by atoms with E-state index in [0.29, 0.717) is 18.7 Å². The highest BCUT2D eigenvalue weighted by Gasteiger charge is 2.52. The van der Waals surface area contributed by atoms with E-state index in [1.54, 1.807) is 7.05 Å². The summed E-state index contributed by atoms with van der Waals surface area (Å²) in [6.45, 7) is 2.96. The normalized spacial score (nSPS) is 42.4. The molecule has 1 amide bonds. The number of carbonyl (C=O) groups excluding carboxylic acids is 1. The van der Waals surface area contributed by atoms with Gasteiger partial charge in [-0.15, -0.1) is 0 Å². The smallest absolute Gasteiger partial charge is 0.249 e. The summed E-state index contributed by atoms with van der Waals surface area (Å²) >= 11 is 0. The molecule has 254 valence electrons. The molecule has 1 aliphatic carbocycles. The van der Waals surface area contributed by atoms with Crippen molar-refractivity contribution in [3.8, 4) is 0 Å². The first kappa shape index (κ1) is 35.3. The summed E-state index contributed by atoms with van der Waals surface area (Å²) in [7, 11) is 3.66. The number of nitrogens with two attached hydrogens (primary N) is 3. The van der Waals surface area contributed by atoms with Gasteiger partial charge in [-0.2, -0.15) is 0 Å². The average molecular weight is 632 g/mol. The predicted molar refractivity (Wildman–Crippen MR) is 158 cm³/mol. The fourth-order valence-electron chi connectivity index (χ4n) is 6.47. The Bertz CT molecular complexity index is 978. The van der Waals surface area contributed by atoms with E-state index in [9.17, 15) is 25.2 Å². The lowest BCUT2D eigenvalue weighted by molar-refractivity contribution is -0.304. The van der Waals surface area contributed by atoms with Crippen molar-refractivity contribution >= 4 is 5.91 Å². The maximum Gasteiger partial charge on any atom is 0.249 e. The van der Waals surface area contributed by atoms with Crippen LogP contribution in [0.25, 0.3) is 0 Å². The zero-order valence-corrected chi connectivity index (χ0v) is 25.9. The summed E-state index contributed by atoms with van der Waals surface area (Å²) in [6.07, 6.45) is -3.61. The van der Waals surface area contributed by atoms with Crippen molar-refractivity contribution in [2.45, 2.75) is 118 Å². The van der Waals surface area contributed by atoms with Gasteiger partial charge in [-0.25, -0.2) is 0 Å². The second-order valence-electron chi connectivity index (χ2n) is 12.7. The van der Waals surface area contributed by atoms with Crippen LogP contribution in [-0.4, -0.2) is 151 Å². The maximum atomic E-state index is 12.8. The Morgan fingerprint density at radius 3 is 2.59 bits per heavy atom. The highest BCUT2D eigenvalue weighted by Crippen LogP contribution is 2.32. The van der Waals surface area contributed by atoms with Crippen molar-refractivity contribution < 1.29 is 44.2 Å². The van der Waals surface area contributed by atoms with Crippen LogP contribution in [0.5, 0.6) is 0 Å². The quantitative estimate of drug-likeness (QED) is 0.0978. The van der Waals surface area contributed by atoms with Crippen molar-refractivity contribution in [3.05, 3.63) is 11.8 Å². The molecular weight excluding hydrogens is 578 g/mol. The molecule has 0 aromatic rings. The van der Waals surface area contributed by atoms with Gasteiger partial charge in [0.2, 0.25) is 12.2 Å². The number of aliphatic hydroxyl groups is 4. The minimum atomic E-state index is -1.43. The van der Waals surface area contributed by atoms with Gasteiger partial charge in [0.25, 0.3) is 0 Å². The van der Waals surface area contributed by atoms with Crippen molar-refractivity contribution in [1.29, 1.82) is 0 Å². The van der Waals surface area contributed by atoms with Crippen LogP contribution in [-0.2, 0) is 23.7 Å². The molecule has 16 heteroatoms. The van der Waals surface area contributed by atoms with Gasteiger partial charge in [0, 0.05) is 6.04 Å². The van der Waals surface area contributed by atoms with Gasteiger partial charge in [0.1, 0.15) is 41.9 Å². The van der Waals surface area contributed by atoms with Crippen LogP contribution in [0.15, 0.2) is 11.8 Å². The molecule has 3 heterocycles. The van der Waals surface area contributed by atoms with E-state index < -0.39 is 78.8 Å². The Morgan fingerprint density at radius 1 is 1.20 bits per heavy atom. The third-order valence-electron chi connectivity index (χ3n) is 9.08. The highest BCUT2D eigenvalue weighted by atomic mass is 16.7. The van der Waals surface area contributed by atoms with E-state index >= 15 is 0 Å². The van der Waals surface area contributed by atoms with E-state index in [1.807, 2.05) is 6.08 Å². The van der Waals surface area contributed by atoms with Gasteiger partial charge >= 0.3 is 0 Å². The molecule has 1 saturated carbocycles. The van der Waals surface area contributed by atoms with E-state index in [4.69, 9.17) is 36.1 Å². The van der Waals surface area contributed by atoms with E-state index in [1.165, 1.54) is 6.92 Å². The molecule has 2 saturated heterocycles. The van der Waals surface area contributed by atoms with Crippen molar-refractivity contribution in [1.82, 2.24) is 20.9 Å². The molecule has 1 unspecified atom stereocenters. The lowest BCUT2D eigenvalue weighted by atomic mass is 9.83. The van der Waals surface area contributed by atoms with E-state index in [2.05, 4.69) is 27.9 Å². The predicted octanol–water partition coefficient (Wildman–Crippen LogP) is -4.30. The number of rotatable bonds is 12. The first-order chi connectivity index (χ1) is 20.9. The van der Waals surface area contributed by atoms with Crippen LogP contribution in [0.4, 0.5) is 0 Å². The lowest BCUT2D eigenvalue weighted by Gasteiger charge is -2.49.